The first-order chi connectivity index (χ1) is 10.2. The standard InChI is InChI=1S/C17H17FN2O/c18-15-8-2-1-7-14(15)17(9-3-4-10-17)20-16(21)13-6-5-11-19-12-13/h1-2,5-8,11-12H,3-4,9-10H2,(H,20,21). The van der Waals surface area contributed by atoms with E-state index in [-0.39, 0.29) is 11.7 Å². The molecule has 21 heavy (non-hydrogen) atoms. The van der Waals surface area contributed by atoms with E-state index < -0.39 is 5.54 Å². The van der Waals surface area contributed by atoms with E-state index in [4.69, 9.17) is 0 Å². The van der Waals surface area contributed by atoms with Crippen LogP contribution in [0.1, 0.15) is 41.6 Å². The third kappa shape index (κ3) is 2.66. The van der Waals surface area contributed by atoms with Crippen molar-refractivity contribution >= 4 is 5.91 Å². The number of pyridine rings is 1. The van der Waals surface area contributed by atoms with E-state index in [0.29, 0.717) is 11.1 Å². The summed E-state index contributed by atoms with van der Waals surface area (Å²) in [5.74, 6) is -0.459. The van der Waals surface area contributed by atoms with Crippen LogP contribution in [-0.2, 0) is 5.54 Å². The van der Waals surface area contributed by atoms with Crippen LogP contribution in [-0.4, -0.2) is 10.9 Å². The Balaban J connectivity index is 1.92. The number of amides is 1. The first kappa shape index (κ1) is 13.7. The summed E-state index contributed by atoms with van der Waals surface area (Å²) in [4.78, 5) is 16.4. The normalized spacial score (nSPS) is 16.6. The summed E-state index contributed by atoms with van der Waals surface area (Å²) in [5.41, 5.74) is 0.484. The van der Waals surface area contributed by atoms with Gasteiger partial charge in [-0.2, -0.15) is 0 Å². The molecule has 1 amide bonds. The quantitative estimate of drug-likeness (QED) is 0.938. The Morgan fingerprint density at radius 2 is 1.90 bits per heavy atom. The molecular weight excluding hydrogens is 267 g/mol. The SMILES string of the molecule is O=C(NC1(c2ccccc2F)CCCC1)c1cccnc1. The molecule has 0 saturated heterocycles. The lowest BCUT2D eigenvalue weighted by molar-refractivity contribution is 0.0896. The molecule has 3 rings (SSSR count). The summed E-state index contributed by atoms with van der Waals surface area (Å²) >= 11 is 0. The van der Waals surface area contributed by atoms with Gasteiger partial charge in [-0.25, -0.2) is 4.39 Å². The van der Waals surface area contributed by atoms with E-state index in [0.717, 1.165) is 25.7 Å². The van der Waals surface area contributed by atoms with E-state index in [2.05, 4.69) is 10.3 Å². The Hall–Kier alpha value is -2.23. The highest BCUT2D eigenvalue weighted by Crippen LogP contribution is 2.40. The Morgan fingerprint density at radius 3 is 2.57 bits per heavy atom. The number of halogens is 1. The zero-order chi connectivity index (χ0) is 14.7. The summed E-state index contributed by atoms with van der Waals surface area (Å²) in [5, 5.41) is 3.05. The van der Waals surface area contributed by atoms with Gasteiger partial charge in [0.05, 0.1) is 11.1 Å². The van der Waals surface area contributed by atoms with E-state index in [1.165, 1.54) is 12.3 Å². The molecule has 0 atom stereocenters. The van der Waals surface area contributed by atoms with Gasteiger partial charge in [-0.15, -0.1) is 0 Å². The molecule has 1 aliphatic rings. The largest absolute Gasteiger partial charge is 0.342 e. The topological polar surface area (TPSA) is 42.0 Å². The highest BCUT2D eigenvalue weighted by molar-refractivity contribution is 5.94. The molecule has 0 spiro atoms. The summed E-state index contributed by atoms with van der Waals surface area (Å²) < 4.78 is 14.2. The van der Waals surface area contributed by atoms with Gasteiger partial charge in [0, 0.05) is 18.0 Å². The molecule has 1 saturated carbocycles. The Morgan fingerprint density at radius 1 is 1.14 bits per heavy atom. The maximum atomic E-state index is 14.2. The Labute approximate surface area is 123 Å². The first-order valence-corrected chi connectivity index (χ1v) is 7.19. The molecule has 3 nitrogen and oxygen atoms in total. The molecule has 0 aliphatic heterocycles. The minimum Gasteiger partial charge on any atom is -0.342 e. The van der Waals surface area contributed by atoms with Crippen LogP contribution in [0.2, 0.25) is 0 Å². The molecular formula is C17H17FN2O. The number of hydrogen-bond acceptors (Lipinski definition) is 2. The fourth-order valence-corrected chi connectivity index (χ4v) is 3.08. The zero-order valence-corrected chi connectivity index (χ0v) is 11.7. The molecule has 1 fully saturated rings. The van der Waals surface area contributed by atoms with Crippen LogP contribution in [0, 0.1) is 5.82 Å². The monoisotopic (exact) mass is 284 g/mol. The van der Waals surface area contributed by atoms with Crippen molar-refractivity contribution in [3.63, 3.8) is 0 Å². The molecule has 2 aromatic rings. The number of nitrogens with zero attached hydrogens (tertiary/aromatic N) is 1. The highest BCUT2D eigenvalue weighted by atomic mass is 19.1. The van der Waals surface area contributed by atoms with Gasteiger partial charge in [0.1, 0.15) is 5.82 Å². The predicted molar refractivity (Wildman–Crippen MR) is 78.2 cm³/mol. The maximum Gasteiger partial charge on any atom is 0.253 e. The lowest BCUT2D eigenvalue weighted by Gasteiger charge is -2.31. The van der Waals surface area contributed by atoms with Crippen molar-refractivity contribution in [3.05, 3.63) is 65.7 Å². The molecule has 0 radical (unpaired) electrons. The van der Waals surface area contributed by atoms with Gasteiger partial charge in [0.25, 0.3) is 5.91 Å². The highest BCUT2D eigenvalue weighted by Gasteiger charge is 2.39. The number of nitrogens with one attached hydrogen (secondary N) is 1. The maximum absolute atomic E-state index is 14.2. The Bertz CT molecular complexity index is 636. The van der Waals surface area contributed by atoms with Crippen LogP contribution < -0.4 is 5.32 Å². The second-order valence-corrected chi connectivity index (χ2v) is 5.46. The summed E-state index contributed by atoms with van der Waals surface area (Å²) in [7, 11) is 0. The predicted octanol–water partition coefficient (Wildman–Crippen LogP) is 3.42. The third-order valence-corrected chi connectivity index (χ3v) is 4.12. The van der Waals surface area contributed by atoms with Crippen molar-refractivity contribution in [1.29, 1.82) is 0 Å². The molecule has 1 aliphatic carbocycles. The lowest BCUT2D eigenvalue weighted by Crippen LogP contribution is -2.44. The molecule has 1 aromatic heterocycles. The van der Waals surface area contributed by atoms with Crippen molar-refractivity contribution in [2.75, 3.05) is 0 Å². The van der Waals surface area contributed by atoms with Gasteiger partial charge in [-0.05, 0) is 31.0 Å². The third-order valence-electron chi connectivity index (χ3n) is 4.12. The number of carbonyl (C=O) groups excluding carboxylic acids is 1. The van der Waals surface area contributed by atoms with Gasteiger partial charge >= 0.3 is 0 Å². The summed E-state index contributed by atoms with van der Waals surface area (Å²) in [6.45, 7) is 0. The van der Waals surface area contributed by atoms with E-state index >= 15 is 0 Å². The van der Waals surface area contributed by atoms with Crippen molar-refractivity contribution in [1.82, 2.24) is 10.3 Å². The fourth-order valence-electron chi connectivity index (χ4n) is 3.08. The van der Waals surface area contributed by atoms with E-state index in [9.17, 15) is 9.18 Å². The number of carbonyl (C=O) groups is 1. The molecule has 1 aromatic carbocycles. The summed E-state index contributed by atoms with van der Waals surface area (Å²) in [6.07, 6.45) is 6.65. The van der Waals surface area contributed by atoms with Gasteiger partial charge in [-0.3, -0.25) is 9.78 Å². The van der Waals surface area contributed by atoms with Crippen molar-refractivity contribution in [3.8, 4) is 0 Å². The van der Waals surface area contributed by atoms with Crippen LogP contribution in [0.25, 0.3) is 0 Å². The van der Waals surface area contributed by atoms with Crippen molar-refractivity contribution < 1.29 is 9.18 Å². The molecule has 1 N–H and O–H groups in total. The van der Waals surface area contributed by atoms with Crippen LogP contribution in [0.4, 0.5) is 4.39 Å². The van der Waals surface area contributed by atoms with Crippen LogP contribution >= 0.6 is 0 Å². The smallest absolute Gasteiger partial charge is 0.253 e. The minimum atomic E-state index is -0.599. The number of rotatable bonds is 3. The average molecular weight is 284 g/mol. The molecule has 4 heteroatoms. The van der Waals surface area contributed by atoms with Gasteiger partial charge in [-0.1, -0.05) is 31.0 Å². The molecule has 1 heterocycles. The second-order valence-electron chi connectivity index (χ2n) is 5.46. The number of hydrogen-bond donors (Lipinski definition) is 1. The zero-order valence-electron chi connectivity index (χ0n) is 11.7. The summed E-state index contributed by atoms with van der Waals surface area (Å²) in [6, 6.07) is 10.1. The second kappa shape index (κ2) is 5.64. The first-order valence-electron chi connectivity index (χ1n) is 7.19. The van der Waals surface area contributed by atoms with Gasteiger partial charge in [0.15, 0.2) is 0 Å². The van der Waals surface area contributed by atoms with Crippen molar-refractivity contribution in [2.45, 2.75) is 31.2 Å². The lowest BCUT2D eigenvalue weighted by atomic mass is 9.87. The molecule has 108 valence electrons. The average Bonchev–Trinajstić information content (AvgIpc) is 2.98. The van der Waals surface area contributed by atoms with Crippen molar-refractivity contribution in [2.24, 2.45) is 0 Å². The molecule has 0 bridgehead atoms. The van der Waals surface area contributed by atoms with Crippen LogP contribution in [0.3, 0.4) is 0 Å². The Kier molecular flexibility index (Phi) is 3.69. The minimum absolute atomic E-state index is 0.201. The van der Waals surface area contributed by atoms with Gasteiger partial charge < -0.3 is 5.32 Å². The fraction of sp³-hybridized carbons (Fsp3) is 0.294. The van der Waals surface area contributed by atoms with E-state index in [1.54, 1.807) is 30.5 Å². The van der Waals surface area contributed by atoms with Crippen LogP contribution in [0.15, 0.2) is 48.8 Å². The number of aromatic nitrogens is 1. The molecule has 0 unspecified atom stereocenters. The number of benzene rings is 1. The van der Waals surface area contributed by atoms with Crippen LogP contribution in [0.5, 0.6) is 0 Å². The van der Waals surface area contributed by atoms with Gasteiger partial charge in [0.2, 0.25) is 0 Å². The van der Waals surface area contributed by atoms with E-state index in [1.807, 2.05) is 6.07 Å².